The van der Waals surface area contributed by atoms with Gasteiger partial charge in [0, 0.05) is 7.11 Å². The molecule has 0 radical (unpaired) electrons. The summed E-state index contributed by atoms with van der Waals surface area (Å²) in [5.41, 5.74) is 0.795. The van der Waals surface area contributed by atoms with Gasteiger partial charge in [-0.2, -0.15) is 0 Å². The second-order valence-corrected chi connectivity index (χ2v) is 3.35. The second-order valence-electron chi connectivity index (χ2n) is 3.13. The quantitative estimate of drug-likeness (QED) is 0.450. The lowest BCUT2D eigenvalue weighted by atomic mass is 10.1. The Kier molecular flexibility index (Phi) is 5.85. The van der Waals surface area contributed by atoms with E-state index in [4.69, 9.17) is 21.3 Å². The van der Waals surface area contributed by atoms with Gasteiger partial charge in [0.05, 0.1) is 6.61 Å². The molecule has 88 valence electrons. The third kappa shape index (κ3) is 3.81. The average Bonchev–Trinajstić information content (AvgIpc) is 2.33. The van der Waals surface area contributed by atoms with Crippen LogP contribution in [-0.4, -0.2) is 26.6 Å². The molecule has 0 aliphatic rings. The van der Waals surface area contributed by atoms with Crippen LogP contribution in [0.4, 0.5) is 0 Å². The fraction of sp³-hybridized carbons (Fsp3) is 0.364. The van der Waals surface area contributed by atoms with Gasteiger partial charge in [0.25, 0.3) is 0 Å². The number of halogens is 1. The van der Waals surface area contributed by atoms with E-state index in [9.17, 15) is 4.79 Å². The highest BCUT2D eigenvalue weighted by Crippen LogP contribution is 2.17. The molecular weight excluding hydrogens is 230 g/mol. The van der Waals surface area contributed by atoms with E-state index in [1.165, 1.54) is 0 Å². The van der Waals surface area contributed by atoms with Crippen LogP contribution in [0.1, 0.15) is 11.6 Å². The standard InChI is InChI=1S/C11H14ClNO3/c1-15-6-7-16-10-4-2-9(3-5-10)11(8-14)13-12/h2-5,8,11,13H,6-7H2,1H3. The smallest absolute Gasteiger partial charge is 0.142 e. The van der Waals surface area contributed by atoms with E-state index in [2.05, 4.69) is 4.84 Å². The molecule has 0 bridgehead atoms. The Labute approximate surface area is 99.6 Å². The fourth-order valence-electron chi connectivity index (χ4n) is 1.18. The van der Waals surface area contributed by atoms with Crippen molar-refractivity contribution >= 4 is 18.1 Å². The monoisotopic (exact) mass is 243 g/mol. The number of benzene rings is 1. The molecule has 0 aliphatic carbocycles. The lowest BCUT2D eigenvalue weighted by Gasteiger charge is -2.09. The Bertz CT molecular complexity index is 316. The van der Waals surface area contributed by atoms with Crippen molar-refractivity contribution < 1.29 is 14.3 Å². The number of carbonyl (C=O) groups excluding carboxylic acids is 1. The molecule has 0 saturated carbocycles. The van der Waals surface area contributed by atoms with Crippen LogP contribution in [0.15, 0.2) is 24.3 Å². The Hall–Kier alpha value is -1.10. The lowest BCUT2D eigenvalue weighted by molar-refractivity contribution is -0.109. The fourth-order valence-corrected chi connectivity index (χ4v) is 1.36. The van der Waals surface area contributed by atoms with Gasteiger partial charge in [-0.25, -0.2) is 4.84 Å². The highest BCUT2D eigenvalue weighted by molar-refractivity contribution is 6.14. The van der Waals surface area contributed by atoms with E-state index in [-0.39, 0.29) is 0 Å². The summed E-state index contributed by atoms with van der Waals surface area (Å²) in [7, 11) is 1.62. The second kappa shape index (κ2) is 7.22. The van der Waals surface area contributed by atoms with Crippen molar-refractivity contribution in [2.45, 2.75) is 6.04 Å². The third-order valence-corrected chi connectivity index (χ3v) is 2.28. The largest absolute Gasteiger partial charge is 0.491 e. The topological polar surface area (TPSA) is 47.6 Å². The van der Waals surface area contributed by atoms with E-state index in [1.807, 2.05) is 0 Å². The first-order chi connectivity index (χ1) is 7.81. The summed E-state index contributed by atoms with van der Waals surface area (Å²) in [6, 6.07) is 6.66. The van der Waals surface area contributed by atoms with Crippen molar-refractivity contribution in [1.82, 2.24) is 4.84 Å². The Morgan fingerprint density at radius 1 is 1.38 bits per heavy atom. The van der Waals surface area contributed by atoms with Crippen molar-refractivity contribution in [3.05, 3.63) is 29.8 Å². The molecule has 1 rings (SSSR count). The van der Waals surface area contributed by atoms with Crippen molar-refractivity contribution in [3.8, 4) is 5.75 Å². The number of nitrogens with one attached hydrogen (secondary N) is 1. The number of hydrogen-bond acceptors (Lipinski definition) is 4. The molecule has 0 spiro atoms. The molecule has 1 atom stereocenters. The summed E-state index contributed by atoms with van der Waals surface area (Å²) in [4.78, 5) is 13.0. The summed E-state index contributed by atoms with van der Waals surface area (Å²) in [5, 5.41) is 0. The molecule has 0 fully saturated rings. The number of aldehydes is 1. The van der Waals surface area contributed by atoms with Crippen LogP contribution < -0.4 is 9.57 Å². The van der Waals surface area contributed by atoms with Gasteiger partial charge in [-0.3, -0.25) is 0 Å². The van der Waals surface area contributed by atoms with Gasteiger partial charge in [-0.05, 0) is 29.5 Å². The molecule has 0 saturated heterocycles. The van der Waals surface area contributed by atoms with Gasteiger partial charge in [-0.15, -0.1) is 0 Å². The minimum absolute atomic E-state index is 0.491. The van der Waals surface area contributed by atoms with Gasteiger partial charge >= 0.3 is 0 Å². The predicted octanol–water partition coefficient (Wildman–Crippen LogP) is 1.70. The Balaban J connectivity index is 2.56. The van der Waals surface area contributed by atoms with Gasteiger partial charge in [-0.1, -0.05) is 12.1 Å². The predicted molar refractivity (Wildman–Crippen MR) is 61.6 cm³/mol. The molecule has 1 aromatic carbocycles. The van der Waals surface area contributed by atoms with Crippen molar-refractivity contribution in [3.63, 3.8) is 0 Å². The SMILES string of the molecule is COCCOc1ccc(C(C=O)NCl)cc1. The van der Waals surface area contributed by atoms with Gasteiger partial charge < -0.3 is 14.3 Å². The maximum Gasteiger partial charge on any atom is 0.142 e. The zero-order valence-corrected chi connectivity index (χ0v) is 9.74. The Morgan fingerprint density at radius 2 is 2.06 bits per heavy atom. The first-order valence-electron chi connectivity index (χ1n) is 4.85. The average molecular weight is 244 g/mol. The molecule has 1 aromatic rings. The molecule has 5 heteroatoms. The number of hydrogen-bond donors (Lipinski definition) is 1. The first-order valence-corrected chi connectivity index (χ1v) is 5.22. The van der Waals surface area contributed by atoms with E-state index >= 15 is 0 Å². The lowest BCUT2D eigenvalue weighted by Crippen LogP contribution is -2.12. The maximum atomic E-state index is 10.6. The zero-order valence-electron chi connectivity index (χ0n) is 8.98. The molecular formula is C11H14ClNO3. The first kappa shape index (κ1) is 13.0. The summed E-state index contributed by atoms with van der Waals surface area (Å²) in [6.07, 6.45) is 0.744. The number of rotatable bonds is 7. The Morgan fingerprint density at radius 3 is 2.56 bits per heavy atom. The van der Waals surface area contributed by atoms with Gasteiger partial charge in [0.15, 0.2) is 0 Å². The minimum atomic E-state index is -0.491. The van der Waals surface area contributed by atoms with Crippen LogP contribution in [-0.2, 0) is 9.53 Å². The van der Waals surface area contributed by atoms with E-state index in [0.717, 1.165) is 17.6 Å². The summed E-state index contributed by atoms with van der Waals surface area (Å²) in [5.74, 6) is 0.736. The summed E-state index contributed by atoms with van der Waals surface area (Å²) < 4.78 is 10.2. The van der Waals surface area contributed by atoms with E-state index in [1.54, 1.807) is 31.4 Å². The highest BCUT2D eigenvalue weighted by Gasteiger charge is 2.07. The zero-order chi connectivity index (χ0) is 11.8. The number of ether oxygens (including phenoxy) is 2. The molecule has 4 nitrogen and oxygen atoms in total. The van der Waals surface area contributed by atoms with Crippen LogP contribution >= 0.6 is 11.8 Å². The van der Waals surface area contributed by atoms with Crippen molar-refractivity contribution in [2.24, 2.45) is 0 Å². The molecule has 0 aromatic heterocycles. The van der Waals surface area contributed by atoms with Gasteiger partial charge in [0.1, 0.15) is 24.7 Å². The number of methoxy groups -OCH3 is 1. The molecule has 0 aliphatic heterocycles. The van der Waals surface area contributed by atoms with E-state index < -0.39 is 6.04 Å². The van der Waals surface area contributed by atoms with Crippen molar-refractivity contribution in [2.75, 3.05) is 20.3 Å². The van der Waals surface area contributed by atoms with Crippen molar-refractivity contribution in [1.29, 1.82) is 0 Å². The van der Waals surface area contributed by atoms with Crippen LogP contribution in [0.5, 0.6) is 5.75 Å². The van der Waals surface area contributed by atoms with Crippen LogP contribution in [0.3, 0.4) is 0 Å². The highest BCUT2D eigenvalue weighted by atomic mass is 35.5. The molecule has 1 unspecified atom stereocenters. The molecule has 16 heavy (non-hydrogen) atoms. The number of carbonyl (C=O) groups is 1. The summed E-state index contributed by atoms with van der Waals surface area (Å²) in [6.45, 7) is 1.04. The summed E-state index contributed by atoms with van der Waals surface area (Å²) >= 11 is 5.42. The van der Waals surface area contributed by atoms with Crippen LogP contribution in [0.2, 0.25) is 0 Å². The van der Waals surface area contributed by atoms with E-state index in [0.29, 0.717) is 13.2 Å². The van der Waals surface area contributed by atoms with Crippen LogP contribution in [0.25, 0.3) is 0 Å². The maximum absolute atomic E-state index is 10.6. The van der Waals surface area contributed by atoms with Gasteiger partial charge in [0.2, 0.25) is 0 Å². The molecule has 0 amide bonds. The molecule has 1 N–H and O–H groups in total. The third-order valence-electron chi connectivity index (χ3n) is 2.05. The molecule has 0 heterocycles. The normalized spacial score (nSPS) is 12.1. The minimum Gasteiger partial charge on any atom is -0.491 e. The van der Waals surface area contributed by atoms with Crippen LogP contribution in [0, 0.1) is 0 Å².